The first-order valence-electron chi connectivity index (χ1n) is 9.98. The number of nitrogens with zero attached hydrogens (tertiary/aromatic N) is 1. The van der Waals surface area contributed by atoms with Crippen molar-refractivity contribution >= 4 is 17.5 Å². The predicted octanol–water partition coefficient (Wildman–Crippen LogP) is 4.04. The molecular weight excluding hydrogens is 404 g/mol. The van der Waals surface area contributed by atoms with Gasteiger partial charge in [-0.25, -0.2) is 0 Å². The van der Waals surface area contributed by atoms with E-state index >= 15 is 0 Å². The average molecular weight is 433 g/mol. The molecule has 2 aromatic rings. The van der Waals surface area contributed by atoms with Gasteiger partial charge < -0.3 is 19.4 Å². The molecule has 1 saturated heterocycles. The van der Waals surface area contributed by atoms with Gasteiger partial charge in [-0.05, 0) is 56.4 Å². The second-order valence-electron chi connectivity index (χ2n) is 7.79. The highest BCUT2D eigenvalue weighted by Gasteiger charge is 2.30. The Bertz CT molecular complexity index is 995. The molecule has 1 N–H and O–H groups in total. The van der Waals surface area contributed by atoms with Gasteiger partial charge in [0.1, 0.15) is 11.9 Å². The van der Waals surface area contributed by atoms with Crippen LogP contribution in [-0.4, -0.2) is 41.7 Å². The SMILES string of the molecule is C.Cc1cc(C)c(CN2CCc3ccc(O[C@@H]4CCCOC4)c(Cl)c3C2=O)c(=O)[nH]1. The molecule has 0 spiro atoms. The molecule has 2 aliphatic heterocycles. The summed E-state index contributed by atoms with van der Waals surface area (Å²) in [4.78, 5) is 30.1. The fourth-order valence-electron chi connectivity index (χ4n) is 4.05. The number of hydrogen-bond acceptors (Lipinski definition) is 4. The zero-order valence-corrected chi connectivity index (χ0v) is 17.5. The van der Waals surface area contributed by atoms with Crippen molar-refractivity contribution in [1.82, 2.24) is 9.88 Å². The second-order valence-corrected chi connectivity index (χ2v) is 8.17. The molecule has 0 saturated carbocycles. The molecule has 7 heteroatoms. The highest BCUT2D eigenvalue weighted by atomic mass is 35.5. The maximum absolute atomic E-state index is 13.2. The van der Waals surface area contributed by atoms with E-state index in [1.165, 1.54) is 0 Å². The number of ether oxygens (including phenoxy) is 2. The van der Waals surface area contributed by atoms with E-state index in [4.69, 9.17) is 21.1 Å². The number of H-pyrrole nitrogens is 1. The lowest BCUT2D eigenvalue weighted by molar-refractivity contribution is 0.00741. The van der Waals surface area contributed by atoms with Crippen LogP contribution in [0.3, 0.4) is 0 Å². The van der Waals surface area contributed by atoms with Gasteiger partial charge in [0.2, 0.25) is 0 Å². The number of carbonyl (C=O) groups excluding carboxylic acids is 1. The van der Waals surface area contributed by atoms with Gasteiger partial charge in [0.15, 0.2) is 0 Å². The molecule has 4 rings (SSSR count). The monoisotopic (exact) mass is 432 g/mol. The molecule has 0 unspecified atom stereocenters. The van der Waals surface area contributed by atoms with E-state index in [2.05, 4.69) is 4.98 Å². The van der Waals surface area contributed by atoms with Crippen molar-refractivity contribution in [2.75, 3.05) is 19.8 Å². The maximum Gasteiger partial charge on any atom is 0.256 e. The molecule has 1 fully saturated rings. The number of amides is 1. The zero-order chi connectivity index (χ0) is 20.5. The summed E-state index contributed by atoms with van der Waals surface area (Å²) in [5, 5.41) is 0.345. The Kier molecular flexibility index (Phi) is 6.88. The number of rotatable bonds is 4. The van der Waals surface area contributed by atoms with Crippen LogP contribution in [0.5, 0.6) is 5.75 Å². The second kappa shape index (κ2) is 9.23. The summed E-state index contributed by atoms with van der Waals surface area (Å²) in [6.45, 7) is 5.83. The van der Waals surface area contributed by atoms with Gasteiger partial charge in [-0.15, -0.1) is 0 Å². The first-order valence-corrected chi connectivity index (χ1v) is 10.4. The molecule has 6 nitrogen and oxygen atoms in total. The Hall–Kier alpha value is -2.31. The van der Waals surface area contributed by atoms with Crippen LogP contribution in [0, 0.1) is 13.8 Å². The van der Waals surface area contributed by atoms with Crippen molar-refractivity contribution in [3.8, 4) is 5.75 Å². The lowest BCUT2D eigenvalue weighted by Crippen LogP contribution is -2.39. The minimum atomic E-state index is -0.166. The van der Waals surface area contributed by atoms with Crippen molar-refractivity contribution in [2.45, 2.75) is 53.2 Å². The largest absolute Gasteiger partial charge is 0.486 e. The average Bonchev–Trinajstić information content (AvgIpc) is 2.69. The molecule has 2 aliphatic rings. The van der Waals surface area contributed by atoms with Crippen molar-refractivity contribution in [3.63, 3.8) is 0 Å². The van der Waals surface area contributed by atoms with Crippen LogP contribution in [0.1, 0.15) is 53.0 Å². The molecule has 162 valence electrons. The van der Waals surface area contributed by atoms with Crippen molar-refractivity contribution < 1.29 is 14.3 Å². The van der Waals surface area contributed by atoms with Crippen molar-refractivity contribution in [1.29, 1.82) is 0 Å². The predicted molar refractivity (Wildman–Crippen MR) is 118 cm³/mol. The maximum atomic E-state index is 13.2. The van der Waals surface area contributed by atoms with E-state index in [1.807, 2.05) is 32.0 Å². The number of carbonyl (C=O) groups is 1. The number of halogens is 1. The molecule has 1 amide bonds. The van der Waals surface area contributed by atoms with Crippen LogP contribution < -0.4 is 10.3 Å². The molecule has 3 heterocycles. The smallest absolute Gasteiger partial charge is 0.256 e. The van der Waals surface area contributed by atoms with E-state index in [0.717, 1.165) is 36.3 Å². The topological polar surface area (TPSA) is 71.6 Å². The molecular formula is C23H29ClN2O4. The first kappa shape index (κ1) is 22.4. The summed E-state index contributed by atoms with van der Waals surface area (Å²) in [6, 6.07) is 5.68. The highest BCUT2D eigenvalue weighted by Crippen LogP contribution is 2.35. The van der Waals surface area contributed by atoms with Crippen molar-refractivity contribution in [3.05, 3.63) is 61.5 Å². The number of aromatic nitrogens is 1. The summed E-state index contributed by atoms with van der Waals surface area (Å²) in [6.07, 6.45) is 2.49. The number of aryl methyl sites for hydroxylation is 2. The molecule has 0 bridgehead atoms. The minimum Gasteiger partial charge on any atom is -0.486 e. The summed E-state index contributed by atoms with van der Waals surface area (Å²) in [5.74, 6) is 0.349. The van der Waals surface area contributed by atoms with Gasteiger partial charge in [0.05, 0.1) is 23.7 Å². The van der Waals surface area contributed by atoms with Crippen molar-refractivity contribution in [2.24, 2.45) is 0 Å². The fourth-order valence-corrected chi connectivity index (χ4v) is 4.36. The standard InChI is InChI=1S/C22H25ClN2O4.CH4/c1-13-10-14(2)24-21(26)17(13)11-25-8-7-15-5-6-18(20(23)19(15)22(25)27)29-16-4-3-9-28-12-16;/h5-6,10,16H,3-4,7-9,11-12H2,1-2H3,(H,24,26);1H4/t16-;/m1./s1. The fraction of sp³-hybridized carbons (Fsp3) is 0.478. The van der Waals surface area contributed by atoms with Gasteiger partial charge in [-0.3, -0.25) is 9.59 Å². The summed E-state index contributed by atoms with van der Waals surface area (Å²) < 4.78 is 11.5. The van der Waals surface area contributed by atoms with Gasteiger partial charge in [-0.2, -0.15) is 0 Å². The summed E-state index contributed by atoms with van der Waals surface area (Å²) in [5.41, 5.74) is 3.54. The molecule has 0 aliphatic carbocycles. The molecule has 1 atom stereocenters. The molecule has 0 radical (unpaired) electrons. The van der Waals surface area contributed by atoms with Gasteiger partial charge in [0.25, 0.3) is 11.5 Å². The molecule has 30 heavy (non-hydrogen) atoms. The van der Waals surface area contributed by atoms with Gasteiger partial charge in [-0.1, -0.05) is 25.1 Å². The Balaban J connectivity index is 0.00000256. The summed E-state index contributed by atoms with van der Waals surface area (Å²) >= 11 is 6.61. The van der Waals surface area contributed by atoms with Gasteiger partial charge >= 0.3 is 0 Å². The Morgan fingerprint density at radius 3 is 2.80 bits per heavy atom. The third-order valence-corrected chi connectivity index (χ3v) is 5.98. The third kappa shape index (κ3) is 4.40. The van der Waals surface area contributed by atoms with Crippen LogP contribution >= 0.6 is 11.6 Å². The normalized spacial score (nSPS) is 18.6. The Morgan fingerprint density at radius 2 is 2.10 bits per heavy atom. The Labute approximate surface area is 182 Å². The first-order chi connectivity index (χ1) is 13.9. The molecule has 1 aromatic heterocycles. The zero-order valence-electron chi connectivity index (χ0n) is 16.7. The summed E-state index contributed by atoms with van der Waals surface area (Å²) in [7, 11) is 0. The lowest BCUT2D eigenvalue weighted by Gasteiger charge is -2.30. The highest BCUT2D eigenvalue weighted by molar-refractivity contribution is 6.35. The number of hydrogen-bond donors (Lipinski definition) is 1. The van der Waals surface area contributed by atoms with Gasteiger partial charge in [0, 0.05) is 24.4 Å². The van der Waals surface area contributed by atoms with E-state index in [9.17, 15) is 9.59 Å². The van der Waals surface area contributed by atoms with Crippen LogP contribution in [0.15, 0.2) is 23.0 Å². The molecule has 1 aromatic carbocycles. The van der Waals surface area contributed by atoms with Crippen LogP contribution in [-0.2, 0) is 17.7 Å². The number of fused-ring (bicyclic) bond motifs is 1. The number of benzene rings is 1. The lowest BCUT2D eigenvalue weighted by atomic mass is 9.97. The quantitative estimate of drug-likeness (QED) is 0.791. The Morgan fingerprint density at radius 1 is 1.30 bits per heavy atom. The third-order valence-electron chi connectivity index (χ3n) is 5.60. The van der Waals surface area contributed by atoms with E-state index in [-0.39, 0.29) is 31.5 Å². The van der Waals surface area contributed by atoms with Crippen LogP contribution in [0.25, 0.3) is 0 Å². The number of pyridine rings is 1. The minimum absolute atomic E-state index is 0. The van der Waals surface area contributed by atoms with Crippen LogP contribution in [0.2, 0.25) is 5.02 Å². The van der Waals surface area contributed by atoms with E-state index in [0.29, 0.717) is 41.5 Å². The number of aromatic amines is 1. The van der Waals surface area contributed by atoms with E-state index < -0.39 is 0 Å². The number of nitrogens with one attached hydrogen (secondary N) is 1. The van der Waals surface area contributed by atoms with E-state index in [1.54, 1.807) is 4.90 Å². The van der Waals surface area contributed by atoms with Crippen LogP contribution in [0.4, 0.5) is 0 Å².